The first-order chi connectivity index (χ1) is 4.63. The van der Waals surface area contributed by atoms with Crippen LogP contribution in [0.25, 0.3) is 0 Å². The maximum Gasteiger partial charge on any atom is -0.00721 e. The minimum absolute atomic E-state index is 0.201. The van der Waals surface area contributed by atoms with Crippen LogP contribution in [0.4, 0.5) is 0 Å². The van der Waals surface area contributed by atoms with Crippen molar-refractivity contribution in [3.63, 3.8) is 0 Å². The molecule has 1 aliphatic rings. The molecular weight excluding hydrogens is 143 g/mol. The fraction of sp³-hybridized carbons (Fsp3) is 0.375. The van der Waals surface area contributed by atoms with E-state index in [1.165, 1.54) is 5.57 Å². The van der Waals surface area contributed by atoms with Crippen molar-refractivity contribution in [3.8, 4) is 0 Å². The lowest BCUT2D eigenvalue weighted by Gasteiger charge is -2.08. The van der Waals surface area contributed by atoms with Gasteiger partial charge in [0, 0.05) is 0 Å². The van der Waals surface area contributed by atoms with Crippen LogP contribution < -0.4 is 5.11 Å². The molecule has 0 radical (unpaired) electrons. The first kappa shape index (κ1) is 7.56. The van der Waals surface area contributed by atoms with E-state index in [2.05, 4.69) is 5.80 Å². The van der Waals surface area contributed by atoms with Crippen LogP contribution in [0.5, 0.6) is 0 Å². The number of hydrogen-bond acceptors (Lipinski definition) is 1. The highest BCUT2D eigenvalue weighted by molar-refractivity contribution is 7.45. The van der Waals surface area contributed by atoms with Crippen LogP contribution in [0, 0.1) is 0 Å². The van der Waals surface area contributed by atoms with Crippen LogP contribution in [0.1, 0.15) is 20.8 Å². The van der Waals surface area contributed by atoms with Crippen molar-refractivity contribution < 1.29 is 5.11 Å². The normalized spacial score (nSPS) is 23.9. The maximum atomic E-state index is 10.9. The second kappa shape index (κ2) is 2.59. The summed E-state index contributed by atoms with van der Waals surface area (Å²) < 4.78 is 0. The van der Waals surface area contributed by atoms with Crippen molar-refractivity contribution in [2.45, 2.75) is 20.8 Å². The minimum Gasteiger partial charge on any atom is -0.875 e. The number of rotatable bonds is 0. The van der Waals surface area contributed by atoms with E-state index in [-0.39, 0.29) is 5.76 Å². The van der Waals surface area contributed by atoms with Gasteiger partial charge in [0.05, 0.1) is 0 Å². The first-order valence-electron chi connectivity index (χ1n) is 3.22. The van der Waals surface area contributed by atoms with Gasteiger partial charge < -0.3 is 5.11 Å². The van der Waals surface area contributed by atoms with Crippen LogP contribution in [-0.2, 0) is 0 Å². The molecule has 0 aromatic rings. The lowest BCUT2D eigenvalue weighted by Crippen LogP contribution is -2.00. The molecule has 0 aromatic carbocycles. The van der Waals surface area contributed by atoms with Gasteiger partial charge in [-0.25, -0.2) is 0 Å². The Morgan fingerprint density at radius 3 is 2.30 bits per heavy atom. The lowest BCUT2D eigenvalue weighted by atomic mass is 10.1. The van der Waals surface area contributed by atoms with Gasteiger partial charge in [0.1, 0.15) is 0 Å². The largest absolute Gasteiger partial charge is 0.875 e. The highest BCUT2D eigenvalue weighted by Gasteiger charge is 2.05. The molecular formula is C8H10OP-. The monoisotopic (exact) mass is 153 g/mol. The van der Waals surface area contributed by atoms with Gasteiger partial charge in [0.2, 0.25) is 0 Å². The molecule has 0 atom stereocenters. The molecule has 0 saturated heterocycles. The van der Waals surface area contributed by atoms with Crippen molar-refractivity contribution in [1.29, 1.82) is 0 Å². The molecule has 2 heteroatoms. The number of allylic oxidation sites excluding steroid dienone is 4. The third kappa shape index (κ3) is 1.15. The Morgan fingerprint density at radius 1 is 1.50 bits per heavy atom. The molecule has 0 aliphatic carbocycles. The van der Waals surface area contributed by atoms with Crippen LogP contribution in [0.2, 0.25) is 0 Å². The molecule has 1 heterocycles. The number of hydrogen-bond donors (Lipinski definition) is 0. The van der Waals surface area contributed by atoms with Gasteiger partial charge in [-0.1, -0.05) is 15.1 Å². The van der Waals surface area contributed by atoms with E-state index in [9.17, 15) is 5.11 Å². The highest BCUT2D eigenvalue weighted by atomic mass is 31.1. The molecule has 0 bridgehead atoms. The van der Waals surface area contributed by atoms with E-state index in [0.29, 0.717) is 0 Å². The minimum atomic E-state index is 0.201. The predicted octanol–water partition coefficient (Wildman–Crippen LogP) is 1.68. The molecule has 1 aliphatic heterocycles. The summed E-state index contributed by atoms with van der Waals surface area (Å²) in [6, 6.07) is 0. The third-order valence-corrected chi connectivity index (χ3v) is 3.09. The van der Waals surface area contributed by atoms with Crippen molar-refractivity contribution in [1.82, 2.24) is 0 Å². The van der Waals surface area contributed by atoms with Gasteiger partial charge in [-0.15, -0.1) is 5.76 Å². The molecule has 0 spiro atoms. The summed E-state index contributed by atoms with van der Waals surface area (Å²) >= 11 is 0. The van der Waals surface area contributed by atoms with Crippen LogP contribution in [0.3, 0.4) is 0 Å². The first-order valence-corrected chi connectivity index (χ1v) is 4.19. The van der Waals surface area contributed by atoms with Gasteiger partial charge >= 0.3 is 0 Å². The van der Waals surface area contributed by atoms with Crippen molar-refractivity contribution in [2.24, 2.45) is 0 Å². The summed E-state index contributed by atoms with van der Waals surface area (Å²) in [6.45, 7) is 5.67. The van der Waals surface area contributed by atoms with Gasteiger partial charge in [-0.3, -0.25) is 0 Å². The molecule has 0 N–H and O–H groups in total. The molecule has 0 aromatic heterocycles. The second-order valence-electron chi connectivity index (χ2n) is 2.47. The van der Waals surface area contributed by atoms with Crippen molar-refractivity contribution in [2.75, 3.05) is 0 Å². The van der Waals surface area contributed by atoms with Gasteiger partial charge in [0.15, 0.2) is 0 Å². The quantitative estimate of drug-likeness (QED) is 0.383. The zero-order chi connectivity index (χ0) is 7.72. The molecule has 1 rings (SSSR count). The summed E-state index contributed by atoms with van der Waals surface area (Å²) in [6.07, 6.45) is 0. The maximum absolute atomic E-state index is 10.9. The molecule has 0 unspecified atom stereocenters. The molecule has 0 fully saturated rings. The van der Waals surface area contributed by atoms with Gasteiger partial charge in [-0.05, 0) is 36.1 Å². The topological polar surface area (TPSA) is 23.1 Å². The standard InChI is InChI=1S/C8H11OP/c1-5-4-10-8(6(5)2)7(3)9/h4,9H,1-3H3/p-1. The third-order valence-electron chi connectivity index (χ3n) is 1.67. The van der Waals surface area contributed by atoms with Crippen molar-refractivity contribution in [3.05, 3.63) is 22.2 Å². The Kier molecular flexibility index (Phi) is 1.96. The summed E-state index contributed by atoms with van der Waals surface area (Å²) in [4.78, 5) is 0. The van der Waals surface area contributed by atoms with E-state index in [0.717, 1.165) is 19.1 Å². The highest BCUT2D eigenvalue weighted by Crippen LogP contribution is 2.32. The molecule has 10 heavy (non-hydrogen) atoms. The fourth-order valence-electron chi connectivity index (χ4n) is 0.897. The van der Waals surface area contributed by atoms with E-state index >= 15 is 0 Å². The predicted molar refractivity (Wildman–Crippen MR) is 44.1 cm³/mol. The summed E-state index contributed by atoms with van der Waals surface area (Å²) in [5.74, 6) is 2.28. The molecule has 1 nitrogen and oxygen atoms in total. The van der Waals surface area contributed by atoms with E-state index in [1.807, 2.05) is 13.8 Å². The Bertz CT molecular complexity index is 242. The van der Waals surface area contributed by atoms with Crippen LogP contribution in [0.15, 0.2) is 22.2 Å². The average molecular weight is 153 g/mol. The van der Waals surface area contributed by atoms with E-state index < -0.39 is 0 Å². The Morgan fingerprint density at radius 2 is 2.10 bits per heavy atom. The van der Waals surface area contributed by atoms with Gasteiger partial charge in [0.25, 0.3) is 0 Å². The molecule has 0 saturated carbocycles. The van der Waals surface area contributed by atoms with E-state index in [1.54, 1.807) is 6.92 Å². The second-order valence-corrected chi connectivity index (χ2v) is 3.43. The Balaban J connectivity index is 3.11. The molecule has 54 valence electrons. The van der Waals surface area contributed by atoms with E-state index in [4.69, 9.17) is 0 Å². The SMILES string of the molecule is CC([O-])=C1P=CC(C)=C1C. The van der Waals surface area contributed by atoms with Crippen molar-refractivity contribution >= 4 is 14.0 Å². The summed E-state index contributed by atoms with van der Waals surface area (Å²) in [7, 11) is 1.07. The smallest absolute Gasteiger partial charge is 0.00721 e. The Labute approximate surface area is 62.9 Å². The fourth-order valence-corrected chi connectivity index (χ4v) is 1.96. The molecule has 0 amide bonds. The zero-order valence-electron chi connectivity index (χ0n) is 6.43. The zero-order valence-corrected chi connectivity index (χ0v) is 7.33. The summed E-state index contributed by atoms with van der Waals surface area (Å²) in [5.41, 5.74) is 2.40. The van der Waals surface area contributed by atoms with Gasteiger partial charge in [-0.2, -0.15) is 0 Å². The van der Waals surface area contributed by atoms with Crippen LogP contribution in [-0.4, -0.2) is 5.80 Å². The lowest BCUT2D eigenvalue weighted by molar-refractivity contribution is -0.302. The van der Waals surface area contributed by atoms with Crippen LogP contribution >= 0.6 is 8.20 Å². The average Bonchev–Trinajstić information content (AvgIpc) is 2.14. The summed E-state index contributed by atoms with van der Waals surface area (Å²) in [5, 5.41) is 11.9. The Hall–Kier alpha value is -0.550.